The maximum absolute atomic E-state index is 13.8. The molecule has 1 N–H and O–H groups in total. The van der Waals surface area contributed by atoms with Crippen LogP contribution in [0.2, 0.25) is 0 Å². The van der Waals surface area contributed by atoms with Crippen LogP contribution in [0, 0.1) is 11.8 Å². The topological polar surface area (TPSA) is 83.9 Å². The molecule has 0 radical (unpaired) electrons. The zero-order valence-electron chi connectivity index (χ0n) is 25.6. The van der Waals surface area contributed by atoms with Gasteiger partial charge in [0.25, 0.3) is 0 Å². The van der Waals surface area contributed by atoms with Gasteiger partial charge in [0.2, 0.25) is 11.8 Å². The molecule has 216 valence electrons. The lowest BCUT2D eigenvalue weighted by Gasteiger charge is -2.36. The second-order valence-corrected chi connectivity index (χ2v) is 11.4. The Morgan fingerprint density at radius 3 is 2.18 bits per heavy atom. The molecule has 2 rings (SSSR count). The number of benzene rings is 1. The number of rotatable bonds is 12. The number of amides is 2. The Balaban J connectivity index is 2.34. The standard InChI is InChI=1S/C31H48N4O4/c1-12-39-31(38)21(6)17-26(19(2)3)35(11)30(37)27(20(4)5)32-29(36)28(33(8)9)22(7)24-18-34(10)25-16-14-13-15-23(24)25/h13-20,22,26-28H,12H2,1-11H3,(H,32,36)/t22?,26-,27+,28+/m1/s1. The number of para-hydroxylation sites is 1. The molecule has 0 aliphatic rings. The minimum atomic E-state index is -0.720. The van der Waals surface area contributed by atoms with Crippen molar-refractivity contribution in [3.63, 3.8) is 0 Å². The van der Waals surface area contributed by atoms with Gasteiger partial charge < -0.3 is 19.5 Å². The second kappa shape index (κ2) is 13.8. The van der Waals surface area contributed by atoms with Crippen molar-refractivity contribution in [2.24, 2.45) is 18.9 Å². The van der Waals surface area contributed by atoms with E-state index in [9.17, 15) is 14.4 Å². The quantitative estimate of drug-likeness (QED) is 0.320. The van der Waals surface area contributed by atoms with Gasteiger partial charge in [-0.15, -0.1) is 0 Å². The van der Waals surface area contributed by atoms with Crippen molar-refractivity contribution in [1.29, 1.82) is 0 Å². The van der Waals surface area contributed by atoms with E-state index in [0.717, 1.165) is 16.5 Å². The largest absolute Gasteiger partial charge is 0.463 e. The van der Waals surface area contributed by atoms with Crippen molar-refractivity contribution in [2.45, 2.75) is 72.5 Å². The number of nitrogens with zero attached hydrogens (tertiary/aromatic N) is 3. The summed E-state index contributed by atoms with van der Waals surface area (Å²) in [5.41, 5.74) is 2.66. The summed E-state index contributed by atoms with van der Waals surface area (Å²) in [5, 5.41) is 4.20. The molecule has 0 spiro atoms. The third-order valence-electron chi connectivity index (χ3n) is 7.44. The van der Waals surface area contributed by atoms with Crippen molar-refractivity contribution in [3.05, 3.63) is 47.7 Å². The van der Waals surface area contributed by atoms with Crippen molar-refractivity contribution in [1.82, 2.24) is 19.7 Å². The van der Waals surface area contributed by atoms with Crippen LogP contribution >= 0.6 is 0 Å². The Labute approximate surface area is 234 Å². The van der Waals surface area contributed by atoms with Gasteiger partial charge in [-0.3, -0.25) is 14.5 Å². The van der Waals surface area contributed by atoms with E-state index in [-0.39, 0.29) is 42.2 Å². The van der Waals surface area contributed by atoms with Gasteiger partial charge in [0.05, 0.1) is 18.7 Å². The molecule has 0 aliphatic heterocycles. The number of esters is 1. The summed E-state index contributed by atoms with van der Waals surface area (Å²) in [5.74, 6) is -0.991. The molecule has 0 fully saturated rings. The molecule has 0 saturated carbocycles. The van der Waals surface area contributed by atoms with Crippen LogP contribution in [0.25, 0.3) is 10.9 Å². The lowest BCUT2D eigenvalue weighted by atomic mass is 9.90. The van der Waals surface area contributed by atoms with E-state index in [1.54, 1.807) is 31.9 Å². The zero-order chi connectivity index (χ0) is 29.6. The Hall–Kier alpha value is -3.13. The molecule has 2 aromatic rings. The molecular formula is C31H48N4O4. The molecule has 1 unspecified atom stereocenters. The number of fused-ring (bicyclic) bond motifs is 1. The van der Waals surface area contributed by atoms with Gasteiger partial charge in [-0.05, 0) is 51.4 Å². The van der Waals surface area contributed by atoms with E-state index < -0.39 is 18.1 Å². The number of likely N-dealkylation sites (N-methyl/N-ethyl adjacent to an activating group) is 2. The molecular weight excluding hydrogens is 492 g/mol. The number of ether oxygens (including phenoxy) is 1. The average Bonchev–Trinajstić information content (AvgIpc) is 3.21. The van der Waals surface area contributed by atoms with Gasteiger partial charge >= 0.3 is 5.97 Å². The molecule has 4 atom stereocenters. The number of hydrogen-bond donors (Lipinski definition) is 1. The lowest BCUT2D eigenvalue weighted by molar-refractivity contribution is -0.140. The minimum Gasteiger partial charge on any atom is -0.463 e. The molecule has 8 heteroatoms. The number of carbonyl (C=O) groups excluding carboxylic acids is 3. The lowest BCUT2D eigenvalue weighted by Crippen LogP contribution is -2.57. The van der Waals surface area contributed by atoms with E-state index in [1.165, 1.54) is 0 Å². The van der Waals surface area contributed by atoms with Crippen molar-refractivity contribution in [2.75, 3.05) is 27.7 Å². The highest BCUT2D eigenvalue weighted by atomic mass is 16.5. The molecule has 8 nitrogen and oxygen atoms in total. The van der Waals surface area contributed by atoms with E-state index in [0.29, 0.717) is 5.57 Å². The fourth-order valence-corrected chi connectivity index (χ4v) is 5.25. The predicted octanol–water partition coefficient (Wildman–Crippen LogP) is 4.35. The van der Waals surface area contributed by atoms with Crippen molar-refractivity contribution in [3.8, 4) is 0 Å². The van der Waals surface area contributed by atoms with Gasteiger partial charge in [-0.2, -0.15) is 0 Å². The van der Waals surface area contributed by atoms with Crippen LogP contribution in [0.4, 0.5) is 0 Å². The van der Waals surface area contributed by atoms with Crippen molar-refractivity contribution < 1.29 is 19.1 Å². The highest BCUT2D eigenvalue weighted by Gasteiger charge is 2.36. The summed E-state index contributed by atoms with van der Waals surface area (Å²) >= 11 is 0. The van der Waals surface area contributed by atoms with E-state index in [4.69, 9.17) is 4.74 Å². The Kier molecular flexibility index (Phi) is 11.3. The van der Waals surface area contributed by atoms with Crippen LogP contribution in [-0.2, 0) is 26.2 Å². The summed E-state index contributed by atoms with van der Waals surface area (Å²) in [6, 6.07) is 6.64. The van der Waals surface area contributed by atoms with Crippen LogP contribution in [0.15, 0.2) is 42.1 Å². The molecule has 1 aromatic heterocycles. The number of aromatic nitrogens is 1. The molecule has 0 saturated heterocycles. The maximum Gasteiger partial charge on any atom is 0.333 e. The summed E-state index contributed by atoms with van der Waals surface area (Å²) in [6.07, 6.45) is 3.87. The predicted molar refractivity (Wildman–Crippen MR) is 157 cm³/mol. The summed E-state index contributed by atoms with van der Waals surface area (Å²) in [6.45, 7) is 13.7. The third-order valence-corrected chi connectivity index (χ3v) is 7.44. The van der Waals surface area contributed by atoms with E-state index >= 15 is 0 Å². The first kappa shape index (κ1) is 32.1. The maximum atomic E-state index is 13.8. The third kappa shape index (κ3) is 7.50. The first-order valence-electron chi connectivity index (χ1n) is 13.9. The monoisotopic (exact) mass is 540 g/mol. The van der Waals surface area contributed by atoms with Gasteiger partial charge in [0.15, 0.2) is 0 Å². The van der Waals surface area contributed by atoms with Gasteiger partial charge in [0.1, 0.15) is 6.04 Å². The Bertz CT molecular complexity index is 1180. The summed E-state index contributed by atoms with van der Waals surface area (Å²) in [4.78, 5) is 43.4. The summed E-state index contributed by atoms with van der Waals surface area (Å²) < 4.78 is 7.21. The fourth-order valence-electron chi connectivity index (χ4n) is 5.25. The van der Waals surface area contributed by atoms with Crippen LogP contribution in [0.5, 0.6) is 0 Å². The van der Waals surface area contributed by atoms with Crippen LogP contribution in [-0.4, -0.2) is 78.0 Å². The first-order valence-corrected chi connectivity index (χ1v) is 13.9. The van der Waals surface area contributed by atoms with Gasteiger partial charge in [0, 0.05) is 42.7 Å². The molecule has 1 heterocycles. The Morgan fingerprint density at radius 1 is 1.03 bits per heavy atom. The molecule has 0 aliphatic carbocycles. The highest BCUT2D eigenvalue weighted by Crippen LogP contribution is 2.31. The van der Waals surface area contributed by atoms with E-state index in [1.807, 2.05) is 65.9 Å². The van der Waals surface area contributed by atoms with Gasteiger partial charge in [-0.25, -0.2) is 4.79 Å². The normalized spacial score (nSPS) is 15.4. The van der Waals surface area contributed by atoms with Crippen LogP contribution < -0.4 is 5.32 Å². The average molecular weight is 541 g/mol. The summed E-state index contributed by atoms with van der Waals surface area (Å²) in [7, 11) is 7.52. The number of hydrogen-bond acceptors (Lipinski definition) is 5. The molecule has 2 amide bonds. The fraction of sp³-hybridized carbons (Fsp3) is 0.581. The molecule has 0 bridgehead atoms. The second-order valence-electron chi connectivity index (χ2n) is 11.4. The molecule has 1 aromatic carbocycles. The Morgan fingerprint density at radius 2 is 1.64 bits per heavy atom. The smallest absolute Gasteiger partial charge is 0.333 e. The molecule has 39 heavy (non-hydrogen) atoms. The zero-order valence-corrected chi connectivity index (χ0v) is 25.6. The highest BCUT2D eigenvalue weighted by molar-refractivity contribution is 5.92. The SMILES string of the molecule is CCOC(=O)C(C)=C[C@H](C(C)C)N(C)C(=O)[C@@H](NC(=O)[C@H](C(C)c1cn(C)c2ccccc12)N(C)C)C(C)C. The number of aryl methyl sites for hydroxylation is 1. The van der Waals surface area contributed by atoms with Crippen LogP contribution in [0.3, 0.4) is 0 Å². The van der Waals surface area contributed by atoms with Crippen molar-refractivity contribution >= 4 is 28.7 Å². The number of nitrogens with one attached hydrogen (secondary N) is 1. The van der Waals surface area contributed by atoms with Crippen LogP contribution in [0.1, 0.15) is 59.9 Å². The first-order chi connectivity index (χ1) is 18.2. The van der Waals surface area contributed by atoms with Gasteiger partial charge in [-0.1, -0.05) is 58.9 Å². The van der Waals surface area contributed by atoms with E-state index in [2.05, 4.69) is 35.1 Å². The minimum absolute atomic E-state index is 0.0488. The number of carbonyl (C=O) groups is 3.